The van der Waals surface area contributed by atoms with Crippen LogP contribution in [0.25, 0.3) is 0 Å². The van der Waals surface area contributed by atoms with Gasteiger partial charge in [0.1, 0.15) is 5.82 Å². The molecule has 2 unspecified atom stereocenters. The number of ether oxygens (including phenoxy) is 1. The van der Waals surface area contributed by atoms with E-state index < -0.39 is 0 Å². The fourth-order valence-electron chi connectivity index (χ4n) is 2.84. The fraction of sp³-hybridized carbons (Fsp3) is 0.588. The lowest BCUT2D eigenvalue weighted by Gasteiger charge is -2.38. The smallest absolute Gasteiger partial charge is 0.237 e. The molecule has 1 heterocycles. The van der Waals surface area contributed by atoms with Crippen LogP contribution in [0.1, 0.15) is 13.8 Å². The van der Waals surface area contributed by atoms with E-state index in [4.69, 9.17) is 4.74 Å². The highest BCUT2D eigenvalue weighted by molar-refractivity contribution is 5.81. The van der Waals surface area contributed by atoms with E-state index in [9.17, 15) is 9.18 Å². The number of carbonyl (C=O) groups excluding carboxylic acids is 1. The van der Waals surface area contributed by atoms with Gasteiger partial charge in [-0.3, -0.25) is 9.69 Å². The molecule has 0 spiro atoms. The van der Waals surface area contributed by atoms with Gasteiger partial charge in [-0.05, 0) is 38.1 Å². The topological polar surface area (TPSA) is 44.8 Å². The van der Waals surface area contributed by atoms with Gasteiger partial charge in [0.25, 0.3) is 0 Å². The van der Waals surface area contributed by atoms with Gasteiger partial charge in [0.15, 0.2) is 0 Å². The van der Waals surface area contributed by atoms with Crippen molar-refractivity contribution in [3.05, 3.63) is 30.1 Å². The molecule has 2 atom stereocenters. The van der Waals surface area contributed by atoms with Gasteiger partial charge in [-0.25, -0.2) is 4.39 Å². The van der Waals surface area contributed by atoms with Gasteiger partial charge in [-0.2, -0.15) is 0 Å². The number of nitrogens with zero attached hydrogens (tertiary/aromatic N) is 2. The molecule has 0 radical (unpaired) electrons. The summed E-state index contributed by atoms with van der Waals surface area (Å²) in [7, 11) is 1.63. The second-order valence-corrected chi connectivity index (χ2v) is 6.04. The minimum atomic E-state index is -0.220. The molecular formula is C17H26FN3O2. The normalized spacial score (nSPS) is 18.5. The van der Waals surface area contributed by atoms with E-state index in [-0.39, 0.29) is 23.8 Å². The highest BCUT2D eigenvalue weighted by atomic mass is 19.1. The van der Waals surface area contributed by atoms with E-state index in [0.717, 1.165) is 31.9 Å². The molecule has 1 aliphatic rings. The van der Waals surface area contributed by atoms with Gasteiger partial charge in [-0.15, -0.1) is 0 Å². The summed E-state index contributed by atoms with van der Waals surface area (Å²) in [5.41, 5.74) is 1.02. The zero-order chi connectivity index (χ0) is 16.8. The molecule has 1 N–H and O–H groups in total. The summed E-state index contributed by atoms with van der Waals surface area (Å²) in [5.74, 6) is -0.187. The SMILES string of the molecule is COCC(C)NC(=O)C(C)N1CCN(c2ccc(F)cc2)CC1. The van der Waals surface area contributed by atoms with E-state index in [2.05, 4.69) is 15.1 Å². The molecule has 2 rings (SSSR count). The Morgan fingerprint density at radius 2 is 1.83 bits per heavy atom. The number of anilines is 1. The van der Waals surface area contributed by atoms with Crippen LogP contribution in [0.3, 0.4) is 0 Å². The molecule has 0 aliphatic carbocycles. The molecular weight excluding hydrogens is 297 g/mol. The maximum absolute atomic E-state index is 13.0. The largest absolute Gasteiger partial charge is 0.383 e. The van der Waals surface area contributed by atoms with Crippen LogP contribution in [-0.4, -0.2) is 62.8 Å². The first kappa shape index (κ1) is 17.7. The van der Waals surface area contributed by atoms with Crippen LogP contribution < -0.4 is 10.2 Å². The van der Waals surface area contributed by atoms with Crippen LogP contribution in [0.4, 0.5) is 10.1 Å². The number of nitrogens with one attached hydrogen (secondary N) is 1. The minimum Gasteiger partial charge on any atom is -0.383 e. The van der Waals surface area contributed by atoms with E-state index in [1.165, 1.54) is 12.1 Å². The van der Waals surface area contributed by atoms with Gasteiger partial charge >= 0.3 is 0 Å². The highest BCUT2D eigenvalue weighted by Crippen LogP contribution is 2.17. The van der Waals surface area contributed by atoms with Crippen LogP contribution >= 0.6 is 0 Å². The third kappa shape index (κ3) is 4.91. The fourth-order valence-corrected chi connectivity index (χ4v) is 2.84. The summed E-state index contributed by atoms with van der Waals surface area (Å²) in [4.78, 5) is 16.6. The van der Waals surface area contributed by atoms with Crippen molar-refractivity contribution in [2.45, 2.75) is 25.9 Å². The third-order valence-corrected chi connectivity index (χ3v) is 4.24. The Morgan fingerprint density at radius 3 is 2.39 bits per heavy atom. The molecule has 0 aromatic heterocycles. The Morgan fingerprint density at radius 1 is 1.22 bits per heavy atom. The molecule has 23 heavy (non-hydrogen) atoms. The number of amides is 1. The number of piperazine rings is 1. The van der Waals surface area contributed by atoms with Gasteiger partial charge in [0.2, 0.25) is 5.91 Å². The second kappa shape index (κ2) is 8.26. The Kier molecular flexibility index (Phi) is 6.36. The summed E-state index contributed by atoms with van der Waals surface area (Å²) in [6.45, 7) is 7.66. The predicted octanol–water partition coefficient (Wildman–Crippen LogP) is 1.49. The predicted molar refractivity (Wildman–Crippen MR) is 89.1 cm³/mol. The minimum absolute atomic E-state index is 0.00968. The number of rotatable bonds is 6. The summed E-state index contributed by atoms with van der Waals surface area (Å²) in [6, 6.07) is 6.41. The summed E-state index contributed by atoms with van der Waals surface area (Å²) >= 11 is 0. The molecule has 1 saturated heterocycles. The average Bonchev–Trinajstić information content (AvgIpc) is 2.55. The first-order chi connectivity index (χ1) is 11.0. The number of carbonyl (C=O) groups is 1. The number of halogens is 1. The lowest BCUT2D eigenvalue weighted by atomic mass is 10.2. The van der Waals surface area contributed by atoms with Gasteiger partial charge in [-0.1, -0.05) is 0 Å². The van der Waals surface area contributed by atoms with Gasteiger partial charge < -0.3 is 15.0 Å². The van der Waals surface area contributed by atoms with Crippen molar-refractivity contribution < 1.29 is 13.9 Å². The van der Waals surface area contributed by atoms with Crippen molar-refractivity contribution in [1.29, 1.82) is 0 Å². The van der Waals surface area contributed by atoms with E-state index >= 15 is 0 Å². The number of hydrogen-bond donors (Lipinski definition) is 1. The molecule has 6 heteroatoms. The van der Waals surface area contributed by atoms with Crippen LogP contribution in [0, 0.1) is 5.82 Å². The summed E-state index contributed by atoms with van der Waals surface area (Å²) < 4.78 is 18.0. The molecule has 128 valence electrons. The standard InChI is InChI=1S/C17H26FN3O2/c1-13(12-23-3)19-17(22)14(2)20-8-10-21(11-9-20)16-6-4-15(18)5-7-16/h4-7,13-14H,8-12H2,1-3H3,(H,19,22). The van der Waals surface area contributed by atoms with Crippen LogP contribution in [0.5, 0.6) is 0 Å². The van der Waals surface area contributed by atoms with Crippen molar-refractivity contribution in [3.63, 3.8) is 0 Å². The first-order valence-corrected chi connectivity index (χ1v) is 8.05. The molecule has 1 fully saturated rings. The molecule has 1 amide bonds. The highest BCUT2D eigenvalue weighted by Gasteiger charge is 2.26. The Labute approximate surface area is 137 Å². The van der Waals surface area contributed by atoms with Gasteiger partial charge in [0, 0.05) is 45.0 Å². The van der Waals surface area contributed by atoms with E-state index in [1.54, 1.807) is 19.2 Å². The van der Waals surface area contributed by atoms with Crippen LogP contribution in [0.15, 0.2) is 24.3 Å². The Bertz CT molecular complexity index is 501. The maximum atomic E-state index is 13.0. The van der Waals surface area contributed by atoms with Crippen molar-refractivity contribution in [2.75, 3.05) is 44.8 Å². The molecule has 1 aliphatic heterocycles. The van der Waals surface area contributed by atoms with Crippen molar-refractivity contribution in [2.24, 2.45) is 0 Å². The monoisotopic (exact) mass is 323 g/mol. The Hall–Kier alpha value is -1.66. The number of methoxy groups -OCH3 is 1. The molecule has 5 nitrogen and oxygen atoms in total. The first-order valence-electron chi connectivity index (χ1n) is 8.05. The zero-order valence-electron chi connectivity index (χ0n) is 14.1. The number of benzene rings is 1. The zero-order valence-corrected chi connectivity index (χ0v) is 14.1. The lowest BCUT2D eigenvalue weighted by molar-refractivity contribution is -0.127. The summed E-state index contributed by atoms with van der Waals surface area (Å²) in [5, 5.41) is 2.97. The van der Waals surface area contributed by atoms with Crippen LogP contribution in [-0.2, 0) is 9.53 Å². The second-order valence-electron chi connectivity index (χ2n) is 6.04. The quantitative estimate of drug-likeness (QED) is 0.861. The molecule has 1 aromatic carbocycles. The lowest BCUT2D eigenvalue weighted by Crippen LogP contribution is -2.55. The van der Waals surface area contributed by atoms with Crippen molar-refractivity contribution >= 4 is 11.6 Å². The number of hydrogen-bond acceptors (Lipinski definition) is 4. The van der Waals surface area contributed by atoms with Gasteiger partial charge in [0.05, 0.1) is 12.6 Å². The van der Waals surface area contributed by atoms with Crippen molar-refractivity contribution in [3.8, 4) is 0 Å². The Balaban J connectivity index is 1.83. The molecule has 1 aromatic rings. The maximum Gasteiger partial charge on any atom is 0.237 e. The van der Waals surface area contributed by atoms with Crippen molar-refractivity contribution in [1.82, 2.24) is 10.2 Å². The third-order valence-electron chi connectivity index (χ3n) is 4.24. The van der Waals surface area contributed by atoms with E-state index in [1.807, 2.05) is 13.8 Å². The average molecular weight is 323 g/mol. The molecule has 0 saturated carbocycles. The van der Waals surface area contributed by atoms with E-state index in [0.29, 0.717) is 6.61 Å². The van der Waals surface area contributed by atoms with Crippen LogP contribution in [0.2, 0.25) is 0 Å². The summed E-state index contributed by atoms with van der Waals surface area (Å²) in [6.07, 6.45) is 0. The molecule has 0 bridgehead atoms.